The second-order valence-electron chi connectivity index (χ2n) is 11.5. The number of ketones is 1. The first-order valence-corrected chi connectivity index (χ1v) is 13.7. The van der Waals surface area contributed by atoms with E-state index in [0.29, 0.717) is 5.56 Å². The van der Waals surface area contributed by atoms with Gasteiger partial charge in [0.15, 0.2) is 0 Å². The highest BCUT2D eigenvalue weighted by Gasteiger charge is 2.48. The molecule has 0 saturated carbocycles. The number of rotatable bonds is 6. The summed E-state index contributed by atoms with van der Waals surface area (Å²) in [5.41, 5.74) is 0.961. The lowest BCUT2D eigenvalue weighted by Crippen LogP contribution is -2.49. The first-order chi connectivity index (χ1) is 19.7. The van der Waals surface area contributed by atoms with Gasteiger partial charge in [0.05, 0.1) is 30.0 Å². The highest BCUT2D eigenvalue weighted by molar-refractivity contribution is 5.89. The molecule has 3 aromatic rings. The summed E-state index contributed by atoms with van der Waals surface area (Å²) in [4.78, 5) is 42.0. The molecule has 0 N–H and O–H groups in total. The average Bonchev–Trinajstić information content (AvgIpc) is 2.92. The summed E-state index contributed by atoms with van der Waals surface area (Å²) in [5, 5.41) is 0. The first kappa shape index (κ1) is 30.8. The van der Waals surface area contributed by atoms with Crippen molar-refractivity contribution in [3.05, 3.63) is 107 Å². The van der Waals surface area contributed by atoms with Gasteiger partial charge >= 0.3 is 18.2 Å². The van der Waals surface area contributed by atoms with Crippen LogP contribution in [-0.2, 0) is 31.8 Å². The van der Waals surface area contributed by atoms with Crippen LogP contribution in [-0.4, -0.2) is 28.3 Å². The average molecular weight is 582 g/mol. The third-order valence-electron chi connectivity index (χ3n) is 7.09. The Morgan fingerprint density at radius 3 is 2.05 bits per heavy atom. The fourth-order valence-corrected chi connectivity index (χ4v) is 5.16. The zero-order valence-electron chi connectivity index (χ0n) is 24.0. The molecule has 1 amide bonds. The van der Waals surface area contributed by atoms with Crippen LogP contribution >= 0.6 is 0 Å². The molecule has 1 heterocycles. The van der Waals surface area contributed by atoms with Crippen molar-refractivity contribution in [1.82, 2.24) is 4.90 Å². The van der Waals surface area contributed by atoms with Crippen LogP contribution < -0.4 is 0 Å². The lowest BCUT2D eigenvalue weighted by molar-refractivity contribution is -0.159. The standard InChI is InChI=1S/C33H34F3NO5/c1-21-10-12-23(13-11-21)27-19-28(38)26(18-29(39)42-32(2,3)4)30(24-14-16-25(17-15-24)33(34,35)36)37(27)31(40)41-20-22-8-6-5-7-9-22/h5-17,26-27,30H,18-20H2,1-4H3/t26-,27-,30+/m0/s1. The van der Waals surface area contributed by atoms with Crippen molar-refractivity contribution in [3.63, 3.8) is 0 Å². The van der Waals surface area contributed by atoms with E-state index in [1.807, 2.05) is 37.3 Å². The van der Waals surface area contributed by atoms with Gasteiger partial charge in [0.25, 0.3) is 0 Å². The SMILES string of the molecule is Cc1ccc([C@@H]2CC(=O)[C@H](CC(=O)OC(C)(C)C)[C@@H](c3ccc(C(F)(F)F)cc3)N2C(=O)OCc2ccccc2)cc1. The largest absolute Gasteiger partial charge is 0.460 e. The molecule has 1 aliphatic rings. The summed E-state index contributed by atoms with van der Waals surface area (Å²) in [5.74, 6) is -2.02. The van der Waals surface area contributed by atoms with Crippen LogP contribution in [0.5, 0.6) is 0 Å². The number of amides is 1. The van der Waals surface area contributed by atoms with Gasteiger partial charge in [0.1, 0.15) is 18.0 Å². The predicted octanol–water partition coefficient (Wildman–Crippen LogP) is 7.76. The smallest absolute Gasteiger partial charge is 0.416 e. The topological polar surface area (TPSA) is 72.9 Å². The number of aryl methyl sites for hydroxylation is 1. The van der Waals surface area contributed by atoms with Crippen LogP contribution in [0.2, 0.25) is 0 Å². The van der Waals surface area contributed by atoms with Crippen molar-refractivity contribution in [3.8, 4) is 0 Å². The molecule has 42 heavy (non-hydrogen) atoms. The second-order valence-corrected chi connectivity index (χ2v) is 11.5. The number of esters is 1. The molecule has 0 unspecified atom stereocenters. The maximum absolute atomic E-state index is 13.9. The molecule has 222 valence electrons. The summed E-state index contributed by atoms with van der Waals surface area (Å²) >= 11 is 0. The van der Waals surface area contributed by atoms with Crippen molar-refractivity contribution >= 4 is 17.8 Å². The van der Waals surface area contributed by atoms with Crippen molar-refractivity contribution < 1.29 is 37.0 Å². The zero-order valence-corrected chi connectivity index (χ0v) is 24.0. The number of carbonyl (C=O) groups is 3. The van der Waals surface area contributed by atoms with Gasteiger partial charge in [0, 0.05) is 6.42 Å². The molecule has 4 rings (SSSR count). The van der Waals surface area contributed by atoms with E-state index in [1.165, 1.54) is 17.0 Å². The Kier molecular flexibility index (Phi) is 9.09. The lowest BCUT2D eigenvalue weighted by Gasteiger charge is -2.45. The molecule has 1 saturated heterocycles. The minimum absolute atomic E-state index is 0.0544. The van der Waals surface area contributed by atoms with Crippen LogP contribution in [0.1, 0.15) is 73.5 Å². The molecular weight excluding hydrogens is 547 g/mol. The molecule has 3 aromatic carbocycles. The number of hydrogen-bond donors (Lipinski definition) is 0. The molecule has 1 fully saturated rings. The maximum Gasteiger partial charge on any atom is 0.416 e. The number of halogens is 3. The van der Waals surface area contributed by atoms with E-state index < -0.39 is 47.4 Å². The fraction of sp³-hybridized carbons (Fsp3) is 0.364. The maximum atomic E-state index is 13.9. The van der Waals surface area contributed by atoms with Crippen molar-refractivity contribution in [2.45, 2.75) is 71.0 Å². The van der Waals surface area contributed by atoms with E-state index in [9.17, 15) is 27.6 Å². The fourth-order valence-electron chi connectivity index (χ4n) is 5.16. The molecule has 0 radical (unpaired) electrons. The highest BCUT2D eigenvalue weighted by Crippen LogP contribution is 2.46. The van der Waals surface area contributed by atoms with E-state index in [0.717, 1.165) is 23.3 Å². The van der Waals surface area contributed by atoms with Crippen LogP contribution in [0, 0.1) is 12.8 Å². The van der Waals surface area contributed by atoms with E-state index >= 15 is 0 Å². The third-order valence-corrected chi connectivity index (χ3v) is 7.09. The van der Waals surface area contributed by atoms with E-state index in [2.05, 4.69) is 0 Å². The first-order valence-electron chi connectivity index (χ1n) is 13.7. The quantitative estimate of drug-likeness (QED) is 0.278. The number of piperidine rings is 1. The van der Waals surface area contributed by atoms with E-state index in [-0.39, 0.29) is 30.8 Å². The van der Waals surface area contributed by atoms with Gasteiger partial charge in [0.2, 0.25) is 0 Å². The minimum atomic E-state index is -4.57. The van der Waals surface area contributed by atoms with Crippen LogP contribution in [0.3, 0.4) is 0 Å². The molecule has 0 spiro atoms. The van der Waals surface area contributed by atoms with Gasteiger partial charge in [-0.05, 0) is 56.5 Å². The normalized spacial score (nSPS) is 19.4. The number of likely N-dealkylation sites (tertiary alicyclic amines) is 1. The molecule has 3 atom stereocenters. The summed E-state index contributed by atoms with van der Waals surface area (Å²) in [6.45, 7) is 6.94. The second kappa shape index (κ2) is 12.4. The number of ether oxygens (including phenoxy) is 2. The molecule has 1 aliphatic heterocycles. The Labute approximate surface area is 243 Å². The predicted molar refractivity (Wildman–Crippen MR) is 150 cm³/mol. The molecular formula is C33H34F3NO5. The molecule has 0 aliphatic carbocycles. The Hall–Kier alpha value is -4.14. The van der Waals surface area contributed by atoms with Gasteiger partial charge in [-0.25, -0.2) is 4.79 Å². The van der Waals surface area contributed by atoms with Crippen molar-refractivity contribution in [2.75, 3.05) is 0 Å². The van der Waals surface area contributed by atoms with Gasteiger partial charge < -0.3 is 9.47 Å². The van der Waals surface area contributed by atoms with Crippen LogP contribution in [0.15, 0.2) is 78.9 Å². The molecule has 6 nitrogen and oxygen atoms in total. The van der Waals surface area contributed by atoms with Crippen LogP contribution in [0.4, 0.5) is 18.0 Å². The van der Waals surface area contributed by atoms with Gasteiger partial charge in [-0.3, -0.25) is 14.5 Å². The van der Waals surface area contributed by atoms with Crippen molar-refractivity contribution in [1.29, 1.82) is 0 Å². The van der Waals surface area contributed by atoms with Crippen LogP contribution in [0.25, 0.3) is 0 Å². The highest BCUT2D eigenvalue weighted by atomic mass is 19.4. The van der Waals surface area contributed by atoms with E-state index in [4.69, 9.17) is 9.47 Å². The van der Waals surface area contributed by atoms with Gasteiger partial charge in [-0.2, -0.15) is 13.2 Å². The third kappa shape index (κ3) is 7.57. The summed E-state index contributed by atoms with van der Waals surface area (Å²) < 4.78 is 51.4. The Morgan fingerprint density at radius 1 is 0.881 bits per heavy atom. The van der Waals surface area contributed by atoms with Crippen molar-refractivity contribution in [2.24, 2.45) is 5.92 Å². The van der Waals surface area contributed by atoms with Gasteiger partial charge in [-0.1, -0.05) is 72.3 Å². The number of carbonyl (C=O) groups excluding carboxylic acids is 3. The number of Topliss-reactive ketones (excluding diaryl/α,β-unsaturated/α-hetero) is 1. The summed E-state index contributed by atoms with van der Waals surface area (Å²) in [6, 6.07) is 18.8. The van der Waals surface area contributed by atoms with E-state index in [1.54, 1.807) is 45.0 Å². The van der Waals surface area contributed by atoms with Gasteiger partial charge in [-0.15, -0.1) is 0 Å². The number of benzene rings is 3. The number of hydrogen-bond acceptors (Lipinski definition) is 5. The lowest BCUT2D eigenvalue weighted by atomic mass is 9.77. The monoisotopic (exact) mass is 581 g/mol. The Bertz CT molecular complexity index is 1400. The summed E-state index contributed by atoms with van der Waals surface area (Å²) in [6.07, 6.45) is -5.79. The Morgan fingerprint density at radius 2 is 1.48 bits per heavy atom. The zero-order chi connectivity index (χ0) is 30.7. The number of alkyl halides is 3. The number of nitrogens with zero attached hydrogens (tertiary/aromatic N) is 1. The Balaban J connectivity index is 1.80. The minimum Gasteiger partial charge on any atom is -0.460 e. The summed E-state index contributed by atoms with van der Waals surface area (Å²) in [7, 11) is 0. The molecule has 9 heteroatoms. The molecule has 0 aromatic heterocycles. The molecule has 0 bridgehead atoms.